The molecule has 0 aromatic rings. The van der Waals surface area contributed by atoms with Gasteiger partial charge in [0, 0.05) is 11.3 Å². The molecule has 2 nitrogen and oxygen atoms in total. The zero-order chi connectivity index (χ0) is 11.6. The molecule has 2 fully saturated rings. The Bertz CT molecular complexity index is 311. The second-order valence-corrected chi connectivity index (χ2v) is 6.69. The van der Waals surface area contributed by atoms with Gasteiger partial charge in [-0.1, -0.05) is 20.8 Å². The Balaban J connectivity index is 2.48. The molecule has 2 heteroatoms. The second kappa shape index (κ2) is 2.65. The number of carbonyl (C=O) groups excluding carboxylic acids is 1. The van der Waals surface area contributed by atoms with Gasteiger partial charge in [0.05, 0.1) is 5.60 Å². The molecule has 0 amide bonds. The average molecular weight is 210 g/mol. The standard InChI is InChI=1S/C13H22O2/c1-11(2)8-6-7-13(11,5)10(14)9(8)12(3,4)15/h8-9,15H,6-7H2,1-5H3. The van der Waals surface area contributed by atoms with Gasteiger partial charge in [-0.05, 0) is 38.0 Å². The lowest BCUT2D eigenvalue weighted by molar-refractivity contribution is -0.138. The van der Waals surface area contributed by atoms with Crippen molar-refractivity contribution in [2.24, 2.45) is 22.7 Å². The molecule has 0 saturated heterocycles. The third-order valence-corrected chi connectivity index (χ3v) is 5.29. The summed E-state index contributed by atoms with van der Waals surface area (Å²) in [7, 11) is 0. The largest absolute Gasteiger partial charge is 0.390 e. The van der Waals surface area contributed by atoms with Crippen molar-refractivity contribution in [2.75, 3.05) is 0 Å². The van der Waals surface area contributed by atoms with E-state index < -0.39 is 5.60 Å². The Morgan fingerprint density at radius 2 is 1.87 bits per heavy atom. The fraction of sp³-hybridized carbons (Fsp3) is 0.923. The lowest BCUT2D eigenvalue weighted by Gasteiger charge is -2.33. The summed E-state index contributed by atoms with van der Waals surface area (Å²) in [6, 6.07) is 0. The third kappa shape index (κ3) is 1.12. The van der Waals surface area contributed by atoms with Gasteiger partial charge in [-0.15, -0.1) is 0 Å². The van der Waals surface area contributed by atoms with Crippen molar-refractivity contribution in [3.05, 3.63) is 0 Å². The summed E-state index contributed by atoms with van der Waals surface area (Å²) >= 11 is 0. The van der Waals surface area contributed by atoms with Crippen molar-refractivity contribution >= 4 is 5.78 Å². The highest BCUT2D eigenvalue weighted by molar-refractivity contribution is 5.92. The predicted molar refractivity (Wildman–Crippen MR) is 59.4 cm³/mol. The van der Waals surface area contributed by atoms with Gasteiger partial charge in [-0.3, -0.25) is 4.79 Å². The molecule has 86 valence electrons. The summed E-state index contributed by atoms with van der Waals surface area (Å²) in [5.74, 6) is 0.484. The van der Waals surface area contributed by atoms with E-state index in [-0.39, 0.29) is 22.5 Å². The first-order valence-electron chi connectivity index (χ1n) is 5.89. The van der Waals surface area contributed by atoms with Crippen LogP contribution in [0.4, 0.5) is 0 Å². The molecule has 0 aliphatic heterocycles. The Kier molecular flexibility index (Phi) is 1.97. The van der Waals surface area contributed by atoms with E-state index in [1.807, 2.05) is 0 Å². The quantitative estimate of drug-likeness (QED) is 0.721. The van der Waals surface area contributed by atoms with Crippen LogP contribution in [0.15, 0.2) is 0 Å². The van der Waals surface area contributed by atoms with Gasteiger partial charge in [0.15, 0.2) is 0 Å². The van der Waals surface area contributed by atoms with E-state index >= 15 is 0 Å². The summed E-state index contributed by atoms with van der Waals surface area (Å²) in [4.78, 5) is 12.4. The van der Waals surface area contributed by atoms with E-state index in [1.165, 1.54) is 0 Å². The van der Waals surface area contributed by atoms with Crippen LogP contribution >= 0.6 is 0 Å². The van der Waals surface area contributed by atoms with Crippen LogP contribution in [-0.2, 0) is 4.79 Å². The van der Waals surface area contributed by atoms with E-state index in [0.717, 1.165) is 12.8 Å². The molecule has 3 unspecified atom stereocenters. The molecule has 0 spiro atoms. The lowest BCUT2D eigenvalue weighted by Crippen LogP contribution is -2.42. The van der Waals surface area contributed by atoms with Crippen molar-refractivity contribution in [1.29, 1.82) is 0 Å². The highest BCUT2D eigenvalue weighted by atomic mass is 16.3. The summed E-state index contributed by atoms with van der Waals surface area (Å²) in [5.41, 5.74) is -1.02. The number of Topliss-reactive ketones (excluding diaryl/α,β-unsaturated/α-hetero) is 1. The molecule has 0 aromatic heterocycles. The Labute approximate surface area is 92.1 Å². The first-order valence-corrected chi connectivity index (χ1v) is 5.89. The fourth-order valence-corrected chi connectivity index (χ4v) is 3.90. The minimum Gasteiger partial charge on any atom is -0.390 e. The maximum atomic E-state index is 12.4. The number of carbonyl (C=O) groups is 1. The van der Waals surface area contributed by atoms with Crippen molar-refractivity contribution in [1.82, 2.24) is 0 Å². The summed E-state index contributed by atoms with van der Waals surface area (Å²) in [6.45, 7) is 10.0. The minimum absolute atomic E-state index is 0.0503. The van der Waals surface area contributed by atoms with Gasteiger partial charge < -0.3 is 5.11 Å². The first-order chi connectivity index (χ1) is 6.62. The van der Waals surface area contributed by atoms with E-state index in [1.54, 1.807) is 13.8 Å². The number of hydrogen-bond donors (Lipinski definition) is 1. The summed E-state index contributed by atoms with van der Waals surface area (Å²) in [6.07, 6.45) is 2.08. The van der Waals surface area contributed by atoms with Crippen LogP contribution in [0.25, 0.3) is 0 Å². The molecule has 2 rings (SSSR count). The molecule has 15 heavy (non-hydrogen) atoms. The van der Waals surface area contributed by atoms with Crippen molar-refractivity contribution < 1.29 is 9.90 Å². The van der Waals surface area contributed by atoms with Crippen LogP contribution in [0.2, 0.25) is 0 Å². The Morgan fingerprint density at radius 1 is 1.33 bits per heavy atom. The predicted octanol–water partition coefficient (Wildman–Crippen LogP) is 2.40. The van der Waals surface area contributed by atoms with E-state index in [2.05, 4.69) is 20.8 Å². The number of fused-ring (bicyclic) bond motifs is 2. The maximum Gasteiger partial charge on any atom is 0.145 e. The topological polar surface area (TPSA) is 37.3 Å². The summed E-state index contributed by atoms with van der Waals surface area (Å²) in [5, 5.41) is 10.1. The van der Waals surface area contributed by atoms with Gasteiger partial charge in [0.1, 0.15) is 5.78 Å². The Hall–Kier alpha value is -0.370. The van der Waals surface area contributed by atoms with Gasteiger partial charge >= 0.3 is 0 Å². The van der Waals surface area contributed by atoms with Crippen LogP contribution in [0.5, 0.6) is 0 Å². The van der Waals surface area contributed by atoms with E-state index in [9.17, 15) is 9.90 Å². The van der Waals surface area contributed by atoms with E-state index in [4.69, 9.17) is 0 Å². The second-order valence-electron chi connectivity index (χ2n) is 6.69. The average Bonchev–Trinajstić information content (AvgIpc) is 2.33. The monoisotopic (exact) mass is 210 g/mol. The van der Waals surface area contributed by atoms with Gasteiger partial charge in [0.2, 0.25) is 0 Å². The van der Waals surface area contributed by atoms with Crippen LogP contribution in [0.3, 0.4) is 0 Å². The maximum absolute atomic E-state index is 12.4. The minimum atomic E-state index is -0.864. The van der Waals surface area contributed by atoms with Crippen molar-refractivity contribution in [2.45, 2.75) is 53.1 Å². The molecule has 0 aromatic carbocycles. The fourth-order valence-electron chi connectivity index (χ4n) is 3.90. The van der Waals surface area contributed by atoms with Gasteiger partial charge in [-0.2, -0.15) is 0 Å². The van der Waals surface area contributed by atoms with Gasteiger partial charge in [0.25, 0.3) is 0 Å². The summed E-state index contributed by atoms with van der Waals surface area (Å²) < 4.78 is 0. The SMILES string of the molecule is CC(C)(O)C1C(=O)C2(C)CCC1C2(C)C. The zero-order valence-corrected chi connectivity index (χ0v) is 10.4. The lowest BCUT2D eigenvalue weighted by atomic mass is 9.70. The number of aliphatic hydroxyl groups is 1. The normalized spacial score (nSPS) is 43.7. The van der Waals surface area contributed by atoms with Crippen LogP contribution < -0.4 is 0 Å². The van der Waals surface area contributed by atoms with E-state index in [0.29, 0.717) is 5.92 Å². The number of hydrogen-bond acceptors (Lipinski definition) is 2. The van der Waals surface area contributed by atoms with Crippen LogP contribution in [0.1, 0.15) is 47.5 Å². The molecule has 2 saturated carbocycles. The highest BCUT2D eigenvalue weighted by Gasteiger charge is 2.68. The van der Waals surface area contributed by atoms with Crippen LogP contribution in [0, 0.1) is 22.7 Å². The van der Waals surface area contributed by atoms with Gasteiger partial charge in [-0.25, -0.2) is 0 Å². The molecule has 2 bridgehead atoms. The molecular weight excluding hydrogens is 188 g/mol. The molecule has 3 atom stereocenters. The van der Waals surface area contributed by atoms with Crippen molar-refractivity contribution in [3.63, 3.8) is 0 Å². The molecule has 0 radical (unpaired) electrons. The number of ketones is 1. The molecule has 2 aliphatic rings. The molecular formula is C13H22O2. The first kappa shape index (κ1) is 11.1. The zero-order valence-electron chi connectivity index (χ0n) is 10.4. The molecule has 0 heterocycles. The molecule has 1 N–H and O–H groups in total. The highest BCUT2D eigenvalue weighted by Crippen LogP contribution is 2.67. The van der Waals surface area contributed by atoms with Crippen LogP contribution in [-0.4, -0.2) is 16.5 Å². The van der Waals surface area contributed by atoms with Crippen molar-refractivity contribution in [3.8, 4) is 0 Å². The molecule has 2 aliphatic carbocycles. The number of rotatable bonds is 1. The Morgan fingerprint density at radius 3 is 2.13 bits per heavy atom. The third-order valence-electron chi connectivity index (χ3n) is 5.29. The smallest absolute Gasteiger partial charge is 0.145 e.